The second kappa shape index (κ2) is 5.47. The summed E-state index contributed by atoms with van der Waals surface area (Å²) in [5.41, 5.74) is 0.626. The minimum absolute atomic E-state index is 0.264. The second-order valence-corrected chi connectivity index (χ2v) is 6.74. The minimum Gasteiger partial charge on any atom is -0.496 e. The highest BCUT2D eigenvalue weighted by Crippen LogP contribution is 2.47. The fourth-order valence-electron chi connectivity index (χ4n) is 3.09. The predicted octanol–water partition coefficient (Wildman–Crippen LogP) is 3.91. The van der Waals surface area contributed by atoms with Gasteiger partial charge in [0.2, 0.25) is 0 Å². The molecule has 0 aliphatic heterocycles. The van der Waals surface area contributed by atoms with Gasteiger partial charge in [0.15, 0.2) is 0 Å². The molecule has 0 radical (unpaired) electrons. The number of rotatable bonds is 4. The van der Waals surface area contributed by atoms with Gasteiger partial charge in [0.1, 0.15) is 5.75 Å². The van der Waals surface area contributed by atoms with E-state index in [1.54, 1.807) is 7.11 Å². The van der Waals surface area contributed by atoms with E-state index in [0.717, 1.165) is 37.0 Å². The molecule has 0 saturated heterocycles. The fraction of sp³-hybridized carbons (Fsp3) is 0.588. The van der Waals surface area contributed by atoms with E-state index >= 15 is 0 Å². The van der Waals surface area contributed by atoms with Gasteiger partial charge in [-0.25, -0.2) is 0 Å². The maximum atomic E-state index is 11.9. The summed E-state index contributed by atoms with van der Waals surface area (Å²) in [4.78, 5) is 11.9. The van der Waals surface area contributed by atoms with Crippen molar-refractivity contribution in [3.63, 3.8) is 0 Å². The Hall–Kier alpha value is -1.51. The van der Waals surface area contributed by atoms with Crippen molar-refractivity contribution in [3.8, 4) is 5.75 Å². The van der Waals surface area contributed by atoms with E-state index < -0.39 is 11.4 Å². The summed E-state index contributed by atoms with van der Waals surface area (Å²) >= 11 is 0. The van der Waals surface area contributed by atoms with E-state index in [2.05, 4.69) is 13.8 Å². The summed E-state index contributed by atoms with van der Waals surface area (Å²) in [5, 5.41) is 9.74. The molecule has 0 aromatic heterocycles. The summed E-state index contributed by atoms with van der Waals surface area (Å²) in [5.74, 6) is 0.122. The van der Waals surface area contributed by atoms with Gasteiger partial charge < -0.3 is 9.84 Å². The van der Waals surface area contributed by atoms with Crippen LogP contribution in [0.15, 0.2) is 24.3 Å². The smallest absolute Gasteiger partial charge is 0.309 e. The molecule has 1 aromatic carbocycles. The molecule has 0 spiro atoms. The number of hydrogen-bond acceptors (Lipinski definition) is 2. The molecule has 3 heteroatoms. The molecule has 1 aliphatic carbocycles. The number of para-hydroxylation sites is 1. The van der Waals surface area contributed by atoms with Gasteiger partial charge >= 0.3 is 5.97 Å². The van der Waals surface area contributed by atoms with Gasteiger partial charge in [-0.3, -0.25) is 4.79 Å². The lowest BCUT2D eigenvalue weighted by Gasteiger charge is -2.41. The van der Waals surface area contributed by atoms with Gasteiger partial charge in [0.05, 0.1) is 12.5 Å². The van der Waals surface area contributed by atoms with Crippen LogP contribution in [0, 0.1) is 10.8 Å². The first-order valence-corrected chi connectivity index (χ1v) is 7.24. The molecule has 0 heterocycles. The third kappa shape index (κ3) is 2.97. The Kier molecular flexibility index (Phi) is 4.07. The van der Waals surface area contributed by atoms with Crippen LogP contribution in [0.4, 0.5) is 0 Å². The number of benzene rings is 1. The first-order valence-electron chi connectivity index (χ1n) is 7.24. The zero-order chi connectivity index (χ0) is 14.8. The summed E-state index contributed by atoms with van der Waals surface area (Å²) in [6.45, 7) is 4.45. The number of carboxylic acid groups (broad SMARTS) is 1. The number of carboxylic acids is 1. The number of aliphatic carboxylic acids is 1. The van der Waals surface area contributed by atoms with Crippen molar-refractivity contribution in [2.75, 3.05) is 7.11 Å². The van der Waals surface area contributed by atoms with Crippen LogP contribution in [-0.2, 0) is 11.2 Å². The van der Waals surface area contributed by atoms with Crippen molar-refractivity contribution in [2.45, 2.75) is 46.0 Å². The molecular formula is C17H24O3. The van der Waals surface area contributed by atoms with Crippen LogP contribution in [0.3, 0.4) is 0 Å². The van der Waals surface area contributed by atoms with Gasteiger partial charge in [0.25, 0.3) is 0 Å². The van der Waals surface area contributed by atoms with Crippen LogP contribution < -0.4 is 4.74 Å². The number of methoxy groups -OCH3 is 1. The quantitative estimate of drug-likeness (QED) is 0.907. The van der Waals surface area contributed by atoms with E-state index in [1.165, 1.54) is 0 Å². The molecule has 1 saturated carbocycles. The zero-order valence-electron chi connectivity index (χ0n) is 12.6. The average Bonchev–Trinajstić information content (AvgIpc) is 2.42. The molecule has 3 nitrogen and oxygen atoms in total. The fourth-order valence-corrected chi connectivity index (χ4v) is 3.09. The van der Waals surface area contributed by atoms with Gasteiger partial charge in [-0.1, -0.05) is 32.0 Å². The Balaban J connectivity index is 2.25. The normalized spacial score (nSPS) is 20.4. The minimum atomic E-state index is -0.668. The van der Waals surface area contributed by atoms with Crippen molar-refractivity contribution in [3.05, 3.63) is 29.8 Å². The second-order valence-electron chi connectivity index (χ2n) is 6.74. The summed E-state index contributed by atoms with van der Waals surface area (Å²) in [6.07, 6.45) is 3.98. The molecule has 110 valence electrons. The van der Waals surface area contributed by atoms with Crippen LogP contribution in [0.1, 0.15) is 45.1 Å². The average molecular weight is 276 g/mol. The van der Waals surface area contributed by atoms with Crippen molar-refractivity contribution < 1.29 is 14.6 Å². The number of hydrogen-bond donors (Lipinski definition) is 1. The third-order valence-electron chi connectivity index (χ3n) is 4.74. The van der Waals surface area contributed by atoms with Crippen LogP contribution in [0.25, 0.3) is 0 Å². The van der Waals surface area contributed by atoms with Gasteiger partial charge in [-0.05, 0) is 49.1 Å². The molecule has 2 rings (SSSR count). The van der Waals surface area contributed by atoms with Crippen LogP contribution >= 0.6 is 0 Å². The maximum Gasteiger partial charge on any atom is 0.309 e. The maximum absolute atomic E-state index is 11.9. The molecule has 1 N–H and O–H groups in total. The summed E-state index contributed by atoms with van der Waals surface area (Å²) < 4.78 is 5.36. The first-order chi connectivity index (χ1) is 9.38. The van der Waals surface area contributed by atoms with E-state index in [4.69, 9.17) is 4.74 Å². The molecular weight excluding hydrogens is 252 g/mol. The molecule has 1 fully saturated rings. The third-order valence-corrected chi connectivity index (χ3v) is 4.74. The summed E-state index contributed by atoms with van der Waals surface area (Å²) in [6, 6.07) is 7.74. The topological polar surface area (TPSA) is 46.5 Å². The highest BCUT2D eigenvalue weighted by atomic mass is 16.5. The molecule has 1 aliphatic rings. The molecule has 0 bridgehead atoms. The largest absolute Gasteiger partial charge is 0.496 e. The number of carbonyl (C=O) groups is 1. The van der Waals surface area contributed by atoms with Crippen molar-refractivity contribution in [1.82, 2.24) is 0 Å². The van der Waals surface area contributed by atoms with Crippen LogP contribution in [0.5, 0.6) is 5.75 Å². The molecule has 20 heavy (non-hydrogen) atoms. The van der Waals surface area contributed by atoms with Crippen molar-refractivity contribution >= 4 is 5.97 Å². The lowest BCUT2D eigenvalue weighted by atomic mass is 9.63. The number of ether oxygens (including phenoxy) is 1. The Morgan fingerprint density at radius 1 is 1.20 bits per heavy atom. The molecule has 0 amide bonds. The Morgan fingerprint density at radius 2 is 1.80 bits per heavy atom. The van der Waals surface area contributed by atoms with Gasteiger partial charge in [-0.15, -0.1) is 0 Å². The van der Waals surface area contributed by atoms with Crippen LogP contribution in [0.2, 0.25) is 0 Å². The lowest BCUT2D eigenvalue weighted by molar-refractivity contribution is -0.152. The highest BCUT2D eigenvalue weighted by Gasteiger charge is 2.44. The van der Waals surface area contributed by atoms with Crippen molar-refractivity contribution in [1.29, 1.82) is 0 Å². The van der Waals surface area contributed by atoms with Crippen LogP contribution in [-0.4, -0.2) is 18.2 Å². The summed E-state index contributed by atoms with van der Waals surface area (Å²) in [7, 11) is 1.64. The first kappa shape index (κ1) is 14.9. The lowest BCUT2D eigenvalue weighted by Crippen LogP contribution is -2.39. The molecule has 0 atom stereocenters. The Labute approximate surface area is 121 Å². The Morgan fingerprint density at radius 3 is 2.35 bits per heavy atom. The van der Waals surface area contributed by atoms with Crippen molar-refractivity contribution in [2.24, 2.45) is 10.8 Å². The standard InChI is InChI=1S/C17H24O3/c1-16(2)8-10-17(11-9-16,15(18)19)12-13-6-4-5-7-14(13)20-3/h4-7H,8-12H2,1-3H3,(H,18,19). The van der Waals surface area contributed by atoms with E-state index in [0.29, 0.717) is 6.42 Å². The molecule has 0 unspecified atom stereocenters. The zero-order valence-corrected chi connectivity index (χ0v) is 12.6. The van der Waals surface area contributed by atoms with Gasteiger partial charge in [-0.2, -0.15) is 0 Å². The van der Waals surface area contributed by atoms with E-state index in [1.807, 2.05) is 24.3 Å². The highest BCUT2D eigenvalue weighted by molar-refractivity contribution is 5.75. The Bertz CT molecular complexity index is 481. The predicted molar refractivity (Wildman–Crippen MR) is 79.0 cm³/mol. The van der Waals surface area contributed by atoms with Gasteiger partial charge in [0, 0.05) is 0 Å². The SMILES string of the molecule is COc1ccccc1CC1(C(=O)O)CCC(C)(C)CC1. The van der Waals surface area contributed by atoms with E-state index in [-0.39, 0.29) is 5.41 Å². The molecule has 1 aromatic rings. The monoisotopic (exact) mass is 276 g/mol. The van der Waals surface area contributed by atoms with E-state index in [9.17, 15) is 9.90 Å².